The number of imidazole rings is 1. The smallest absolute Gasteiger partial charge is 0.258 e. The molecule has 142 valence electrons. The van der Waals surface area contributed by atoms with Crippen molar-refractivity contribution in [3.8, 4) is 0 Å². The van der Waals surface area contributed by atoms with Crippen LogP contribution in [0.15, 0.2) is 53.3 Å². The maximum Gasteiger partial charge on any atom is 0.258 e. The average Bonchev–Trinajstić information content (AvgIpc) is 3.13. The first-order chi connectivity index (χ1) is 13.7. The molecule has 0 aliphatic rings. The van der Waals surface area contributed by atoms with Crippen molar-refractivity contribution >= 4 is 27.8 Å². The summed E-state index contributed by atoms with van der Waals surface area (Å²) in [6.45, 7) is 0.581. The molecule has 0 radical (unpaired) electrons. The van der Waals surface area contributed by atoms with E-state index in [-0.39, 0.29) is 17.9 Å². The number of benzene rings is 2. The van der Waals surface area contributed by atoms with Crippen LogP contribution >= 0.6 is 0 Å². The van der Waals surface area contributed by atoms with Crippen LogP contribution in [0.1, 0.15) is 24.5 Å². The number of amides is 1. The fourth-order valence-electron chi connectivity index (χ4n) is 3.18. The largest absolute Gasteiger partial charge is 0.356 e. The van der Waals surface area contributed by atoms with Crippen molar-refractivity contribution in [2.24, 2.45) is 0 Å². The average molecular weight is 375 g/mol. The fraction of sp³-hybridized carbons (Fsp3) is 0.238. The second-order valence-corrected chi connectivity index (χ2v) is 6.68. The van der Waals surface area contributed by atoms with E-state index in [4.69, 9.17) is 0 Å². The predicted octanol–water partition coefficient (Wildman–Crippen LogP) is 2.48. The zero-order valence-electron chi connectivity index (χ0n) is 15.4. The molecule has 7 heteroatoms. The number of hydrogen-bond acceptors (Lipinski definition) is 4. The number of H-pyrrole nitrogens is 2. The molecule has 2 aromatic carbocycles. The van der Waals surface area contributed by atoms with Gasteiger partial charge in [-0.1, -0.05) is 24.3 Å². The second kappa shape index (κ2) is 8.04. The highest BCUT2D eigenvalue weighted by Crippen LogP contribution is 2.11. The summed E-state index contributed by atoms with van der Waals surface area (Å²) in [6, 6.07) is 15.1. The number of fused-ring (bicyclic) bond motifs is 2. The van der Waals surface area contributed by atoms with Crippen LogP contribution in [0.2, 0.25) is 0 Å². The number of aryl methyl sites for hydroxylation is 2. The Labute approximate surface area is 161 Å². The van der Waals surface area contributed by atoms with E-state index < -0.39 is 0 Å². The molecule has 0 spiro atoms. The molecule has 7 nitrogen and oxygen atoms in total. The van der Waals surface area contributed by atoms with Gasteiger partial charge in [-0.05, 0) is 30.7 Å². The monoisotopic (exact) mass is 375 g/mol. The zero-order chi connectivity index (χ0) is 19.3. The summed E-state index contributed by atoms with van der Waals surface area (Å²) in [7, 11) is 0. The number of para-hydroxylation sites is 3. The van der Waals surface area contributed by atoms with Gasteiger partial charge in [-0.25, -0.2) is 9.97 Å². The Morgan fingerprint density at radius 3 is 2.46 bits per heavy atom. The van der Waals surface area contributed by atoms with Gasteiger partial charge in [0.2, 0.25) is 5.91 Å². The van der Waals surface area contributed by atoms with E-state index in [1.807, 2.05) is 30.3 Å². The maximum atomic E-state index is 12.1. The summed E-state index contributed by atoms with van der Waals surface area (Å²) in [4.78, 5) is 39.1. The third kappa shape index (κ3) is 4.09. The molecular weight excluding hydrogens is 354 g/mol. The molecule has 0 aliphatic carbocycles. The van der Waals surface area contributed by atoms with Crippen molar-refractivity contribution in [3.05, 3.63) is 70.5 Å². The first-order valence-corrected chi connectivity index (χ1v) is 9.37. The van der Waals surface area contributed by atoms with Crippen LogP contribution in [0.5, 0.6) is 0 Å². The lowest BCUT2D eigenvalue weighted by Gasteiger charge is -2.05. The molecule has 0 unspecified atom stereocenters. The van der Waals surface area contributed by atoms with Crippen molar-refractivity contribution in [2.75, 3.05) is 6.54 Å². The Balaban J connectivity index is 1.24. The lowest BCUT2D eigenvalue weighted by molar-refractivity contribution is -0.121. The van der Waals surface area contributed by atoms with Crippen molar-refractivity contribution in [2.45, 2.75) is 25.7 Å². The first-order valence-electron chi connectivity index (χ1n) is 9.37. The summed E-state index contributed by atoms with van der Waals surface area (Å²) in [5, 5.41) is 3.47. The predicted molar refractivity (Wildman–Crippen MR) is 108 cm³/mol. The first kappa shape index (κ1) is 17.9. The van der Waals surface area contributed by atoms with Crippen LogP contribution in [0.25, 0.3) is 21.9 Å². The van der Waals surface area contributed by atoms with Crippen LogP contribution in [-0.2, 0) is 17.6 Å². The quantitative estimate of drug-likeness (QED) is 0.432. The molecule has 4 aromatic rings. The maximum absolute atomic E-state index is 12.1. The summed E-state index contributed by atoms with van der Waals surface area (Å²) >= 11 is 0. The Morgan fingerprint density at radius 2 is 1.61 bits per heavy atom. The van der Waals surface area contributed by atoms with Gasteiger partial charge in [0.1, 0.15) is 11.6 Å². The molecule has 3 N–H and O–H groups in total. The summed E-state index contributed by atoms with van der Waals surface area (Å²) in [6.07, 6.45) is 2.26. The molecule has 4 rings (SSSR count). The van der Waals surface area contributed by atoms with Gasteiger partial charge in [-0.15, -0.1) is 0 Å². The number of carbonyl (C=O) groups is 1. The van der Waals surface area contributed by atoms with E-state index in [0.717, 1.165) is 29.7 Å². The molecular formula is C21H21N5O2. The highest BCUT2D eigenvalue weighted by Gasteiger charge is 2.07. The topological polar surface area (TPSA) is 104 Å². The zero-order valence-corrected chi connectivity index (χ0v) is 15.4. The van der Waals surface area contributed by atoms with Crippen LogP contribution in [0, 0.1) is 0 Å². The number of aromatic nitrogens is 4. The van der Waals surface area contributed by atoms with E-state index >= 15 is 0 Å². The van der Waals surface area contributed by atoms with Gasteiger partial charge in [0.25, 0.3) is 5.56 Å². The second-order valence-electron chi connectivity index (χ2n) is 6.68. The molecule has 28 heavy (non-hydrogen) atoms. The van der Waals surface area contributed by atoms with Crippen molar-refractivity contribution < 1.29 is 4.79 Å². The Kier molecular flexibility index (Phi) is 5.14. The molecule has 0 saturated carbocycles. The van der Waals surface area contributed by atoms with E-state index in [0.29, 0.717) is 29.7 Å². The summed E-state index contributed by atoms with van der Waals surface area (Å²) in [5.41, 5.74) is 2.45. The Morgan fingerprint density at radius 1 is 0.893 bits per heavy atom. The molecule has 0 aliphatic heterocycles. The molecule has 0 atom stereocenters. The van der Waals surface area contributed by atoms with Crippen molar-refractivity contribution in [1.29, 1.82) is 0 Å². The Bertz CT molecular complexity index is 1150. The number of aromatic amines is 2. The normalized spacial score (nSPS) is 11.1. The highest BCUT2D eigenvalue weighted by molar-refractivity contribution is 5.78. The summed E-state index contributed by atoms with van der Waals surface area (Å²) < 4.78 is 0. The number of rotatable bonds is 7. The Hall–Kier alpha value is -3.48. The molecule has 2 heterocycles. The van der Waals surface area contributed by atoms with Gasteiger partial charge in [-0.2, -0.15) is 0 Å². The molecule has 2 aromatic heterocycles. The van der Waals surface area contributed by atoms with Gasteiger partial charge in [-0.3, -0.25) is 9.59 Å². The molecule has 1 amide bonds. The molecule has 0 saturated heterocycles. The number of nitrogens with one attached hydrogen (secondary N) is 3. The minimum atomic E-state index is -0.174. The van der Waals surface area contributed by atoms with Gasteiger partial charge in [0, 0.05) is 25.8 Å². The van der Waals surface area contributed by atoms with E-state index in [1.54, 1.807) is 18.2 Å². The van der Waals surface area contributed by atoms with E-state index in [9.17, 15) is 9.59 Å². The lowest BCUT2D eigenvalue weighted by atomic mass is 10.2. The highest BCUT2D eigenvalue weighted by atomic mass is 16.1. The van der Waals surface area contributed by atoms with E-state index in [2.05, 4.69) is 25.3 Å². The SMILES string of the molecule is O=C(CCc1nc2ccccc2c(=O)[nH]1)NCCCc1nc2ccccc2[nH]1. The minimum Gasteiger partial charge on any atom is -0.356 e. The molecule has 0 bridgehead atoms. The summed E-state index contributed by atoms with van der Waals surface area (Å²) in [5.74, 6) is 1.40. The third-order valence-electron chi connectivity index (χ3n) is 4.60. The van der Waals surface area contributed by atoms with Crippen LogP contribution in [0.3, 0.4) is 0 Å². The van der Waals surface area contributed by atoms with Crippen LogP contribution < -0.4 is 10.9 Å². The van der Waals surface area contributed by atoms with Gasteiger partial charge in [0.05, 0.1) is 21.9 Å². The van der Waals surface area contributed by atoms with Crippen molar-refractivity contribution in [3.63, 3.8) is 0 Å². The standard InChI is InChI=1S/C21H21N5O2/c27-20(12-11-19-23-15-7-2-1-6-14(15)21(28)26-19)22-13-5-10-18-24-16-8-3-4-9-17(16)25-18/h1-4,6-9H,5,10-13H2,(H,22,27)(H,24,25)(H,23,26,28). The van der Waals surface area contributed by atoms with E-state index in [1.165, 1.54) is 0 Å². The van der Waals surface area contributed by atoms with Crippen molar-refractivity contribution in [1.82, 2.24) is 25.3 Å². The number of nitrogens with zero attached hydrogens (tertiary/aromatic N) is 2. The fourth-order valence-corrected chi connectivity index (χ4v) is 3.18. The van der Waals surface area contributed by atoms with Gasteiger partial charge in [0.15, 0.2) is 0 Å². The van der Waals surface area contributed by atoms with Gasteiger partial charge >= 0.3 is 0 Å². The lowest BCUT2D eigenvalue weighted by Crippen LogP contribution is -2.25. The minimum absolute atomic E-state index is 0.0552. The number of carbonyl (C=O) groups excluding carboxylic acids is 1. The third-order valence-corrected chi connectivity index (χ3v) is 4.60. The van der Waals surface area contributed by atoms with Crippen LogP contribution in [-0.4, -0.2) is 32.4 Å². The van der Waals surface area contributed by atoms with Crippen LogP contribution in [0.4, 0.5) is 0 Å². The number of hydrogen-bond donors (Lipinski definition) is 3. The molecule has 0 fully saturated rings. The van der Waals surface area contributed by atoms with Gasteiger partial charge < -0.3 is 15.3 Å².